The summed E-state index contributed by atoms with van der Waals surface area (Å²) >= 11 is 0. The first kappa shape index (κ1) is 26.6. The fourth-order valence-corrected chi connectivity index (χ4v) is 3.50. The molecule has 0 saturated carbocycles. The van der Waals surface area contributed by atoms with Crippen molar-refractivity contribution < 1.29 is 24.5 Å². The Bertz CT molecular complexity index is 1010. The van der Waals surface area contributed by atoms with Crippen molar-refractivity contribution in [1.29, 1.82) is 0 Å². The van der Waals surface area contributed by atoms with E-state index in [1.54, 1.807) is 0 Å². The number of hydrogen-bond donors (Lipinski definition) is 2. The summed E-state index contributed by atoms with van der Waals surface area (Å²) in [5.74, 6) is -2.96. The van der Waals surface area contributed by atoms with E-state index in [0.29, 0.717) is 24.6 Å². The molecular weight excluding hydrogens is 434 g/mol. The smallest absolute Gasteiger partial charge is 0.414 e. The predicted molar refractivity (Wildman–Crippen MR) is 131 cm³/mol. The van der Waals surface area contributed by atoms with Gasteiger partial charge in [-0.25, -0.2) is 9.59 Å². The van der Waals surface area contributed by atoms with Crippen LogP contribution in [0.1, 0.15) is 33.3 Å². The summed E-state index contributed by atoms with van der Waals surface area (Å²) in [6, 6.07) is 21.6. The Balaban J connectivity index is 0.000000604. The Morgan fingerprint density at radius 3 is 1.94 bits per heavy atom. The minimum Gasteiger partial charge on any atom is -0.473 e. The van der Waals surface area contributed by atoms with Crippen molar-refractivity contribution in [1.82, 2.24) is 14.7 Å². The van der Waals surface area contributed by atoms with Crippen LogP contribution in [-0.2, 0) is 22.7 Å². The van der Waals surface area contributed by atoms with Gasteiger partial charge in [0.2, 0.25) is 5.88 Å². The molecule has 0 aliphatic rings. The Hall–Kier alpha value is -3.65. The van der Waals surface area contributed by atoms with Crippen LogP contribution in [0, 0.1) is 0 Å². The molecule has 2 N–H and O–H groups in total. The van der Waals surface area contributed by atoms with E-state index < -0.39 is 11.9 Å². The summed E-state index contributed by atoms with van der Waals surface area (Å²) in [4.78, 5) is 20.7. The van der Waals surface area contributed by atoms with Crippen LogP contribution in [0.2, 0.25) is 0 Å². The highest BCUT2D eigenvalue weighted by atomic mass is 16.5. The van der Waals surface area contributed by atoms with Gasteiger partial charge < -0.3 is 14.9 Å². The standard InChI is InChI=1S/C24H31N3O.C2H2O4/c1-19(2)27(20(3)4)16-15-26-17-23(22-13-9-6-10-14-22)24(25-26)28-18-21-11-7-5-8-12-21;3-1(4)2(5)6/h5-14,17,19-20H,15-16,18H2,1-4H3;(H,3,4)(H,5,6). The van der Waals surface area contributed by atoms with Crippen molar-refractivity contribution in [3.05, 3.63) is 72.4 Å². The van der Waals surface area contributed by atoms with Crippen LogP contribution in [0.4, 0.5) is 0 Å². The van der Waals surface area contributed by atoms with Crippen molar-refractivity contribution in [2.45, 2.75) is 52.9 Å². The normalized spacial score (nSPS) is 10.8. The van der Waals surface area contributed by atoms with Gasteiger partial charge in [0.1, 0.15) is 6.61 Å². The molecule has 0 saturated heterocycles. The van der Waals surface area contributed by atoms with Gasteiger partial charge in [-0.2, -0.15) is 0 Å². The molecule has 8 heteroatoms. The van der Waals surface area contributed by atoms with Crippen LogP contribution in [0.15, 0.2) is 66.9 Å². The number of aliphatic carboxylic acids is 2. The number of ether oxygens (including phenoxy) is 1. The van der Waals surface area contributed by atoms with Crippen molar-refractivity contribution >= 4 is 11.9 Å². The van der Waals surface area contributed by atoms with E-state index in [4.69, 9.17) is 29.6 Å². The molecule has 2 aromatic carbocycles. The van der Waals surface area contributed by atoms with E-state index in [2.05, 4.69) is 63.1 Å². The zero-order valence-electron chi connectivity index (χ0n) is 20.1. The molecule has 182 valence electrons. The second-order valence-corrected chi connectivity index (χ2v) is 8.29. The molecule has 0 radical (unpaired) electrons. The number of benzene rings is 2. The summed E-state index contributed by atoms with van der Waals surface area (Å²) in [7, 11) is 0. The van der Waals surface area contributed by atoms with E-state index in [9.17, 15) is 0 Å². The highest BCUT2D eigenvalue weighted by molar-refractivity contribution is 6.27. The van der Waals surface area contributed by atoms with Crippen LogP contribution in [-0.4, -0.2) is 55.5 Å². The van der Waals surface area contributed by atoms with Crippen LogP contribution >= 0.6 is 0 Å². The highest BCUT2D eigenvalue weighted by Gasteiger charge is 2.16. The van der Waals surface area contributed by atoms with Gasteiger partial charge in [-0.1, -0.05) is 60.7 Å². The minimum atomic E-state index is -1.82. The van der Waals surface area contributed by atoms with Gasteiger partial charge in [0.25, 0.3) is 0 Å². The van der Waals surface area contributed by atoms with E-state index >= 15 is 0 Å². The average molecular weight is 468 g/mol. The predicted octanol–water partition coefficient (Wildman–Crippen LogP) is 4.40. The molecule has 0 atom stereocenters. The maximum Gasteiger partial charge on any atom is 0.414 e. The maximum absolute atomic E-state index is 9.10. The van der Waals surface area contributed by atoms with Gasteiger partial charge in [-0.15, -0.1) is 5.10 Å². The number of nitrogens with zero attached hydrogens (tertiary/aromatic N) is 3. The molecule has 34 heavy (non-hydrogen) atoms. The number of carboxylic acid groups (broad SMARTS) is 2. The third-order valence-corrected chi connectivity index (χ3v) is 5.13. The second kappa shape index (κ2) is 13.2. The van der Waals surface area contributed by atoms with Crippen LogP contribution in [0.3, 0.4) is 0 Å². The van der Waals surface area contributed by atoms with Crippen molar-refractivity contribution in [3.8, 4) is 17.0 Å². The molecule has 0 fully saturated rings. The molecule has 3 rings (SSSR count). The third kappa shape index (κ3) is 8.37. The van der Waals surface area contributed by atoms with E-state index in [-0.39, 0.29) is 0 Å². The summed E-state index contributed by atoms with van der Waals surface area (Å²) in [5, 5.41) is 19.5. The van der Waals surface area contributed by atoms with Gasteiger partial charge in [0.15, 0.2) is 0 Å². The lowest BCUT2D eigenvalue weighted by molar-refractivity contribution is -0.159. The van der Waals surface area contributed by atoms with Crippen LogP contribution in [0.25, 0.3) is 11.1 Å². The van der Waals surface area contributed by atoms with Crippen molar-refractivity contribution in [2.75, 3.05) is 6.54 Å². The number of aromatic nitrogens is 2. The molecule has 3 aromatic rings. The fourth-order valence-electron chi connectivity index (χ4n) is 3.50. The molecular formula is C26H33N3O5. The third-order valence-electron chi connectivity index (χ3n) is 5.13. The van der Waals surface area contributed by atoms with Gasteiger partial charge in [-0.3, -0.25) is 9.58 Å². The molecule has 0 amide bonds. The average Bonchev–Trinajstić information content (AvgIpc) is 3.22. The molecule has 0 spiro atoms. The summed E-state index contributed by atoms with van der Waals surface area (Å²) in [6.45, 7) is 11.3. The Morgan fingerprint density at radius 2 is 1.44 bits per heavy atom. The van der Waals surface area contributed by atoms with Crippen molar-refractivity contribution in [3.63, 3.8) is 0 Å². The molecule has 8 nitrogen and oxygen atoms in total. The largest absolute Gasteiger partial charge is 0.473 e. The summed E-state index contributed by atoms with van der Waals surface area (Å²) in [5.41, 5.74) is 3.31. The first-order valence-electron chi connectivity index (χ1n) is 11.2. The second-order valence-electron chi connectivity index (χ2n) is 8.29. The zero-order chi connectivity index (χ0) is 25.1. The highest BCUT2D eigenvalue weighted by Crippen LogP contribution is 2.29. The van der Waals surface area contributed by atoms with E-state index in [0.717, 1.165) is 29.8 Å². The molecule has 1 aromatic heterocycles. The van der Waals surface area contributed by atoms with Gasteiger partial charge in [-0.05, 0) is 38.8 Å². The quantitative estimate of drug-likeness (QED) is 0.449. The lowest BCUT2D eigenvalue weighted by Crippen LogP contribution is -2.39. The summed E-state index contributed by atoms with van der Waals surface area (Å²) < 4.78 is 8.13. The fraction of sp³-hybridized carbons (Fsp3) is 0.346. The molecule has 0 aliphatic heterocycles. The first-order chi connectivity index (χ1) is 16.2. The number of carboxylic acids is 2. The van der Waals surface area contributed by atoms with Crippen LogP contribution < -0.4 is 4.74 Å². The Kier molecular flexibility index (Phi) is 10.3. The minimum absolute atomic E-state index is 0.512. The Morgan fingerprint density at radius 1 is 0.912 bits per heavy atom. The first-order valence-corrected chi connectivity index (χ1v) is 11.2. The monoisotopic (exact) mass is 467 g/mol. The van der Waals surface area contributed by atoms with E-state index in [1.165, 1.54) is 0 Å². The van der Waals surface area contributed by atoms with Gasteiger partial charge >= 0.3 is 11.9 Å². The maximum atomic E-state index is 9.10. The molecule has 0 aliphatic carbocycles. The topological polar surface area (TPSA) is 105 Å². The molecule has 0 bridgehead atoms. The van der Waals surface area contributed by atoms with Crippen LogP contribution in [0.5, 0.6) is 5.88 Å². The molecule has 1 heterocycles. The number of hydrogen-bond acceptors (Lipinski definition) is 5. The lowest BCUT2D eigenvalue weighted by Gasteiger charge is -2.30. The zero-order valence-corrected chi connectivity index (χ0v) is 20.1. The molecule has 0 unspecified atom stereocenters. The van der Waals surface area contributed by atoms with E-state index in [1.807, 2.05) is 41.1 Å². The van der Waals surface area contributed by atoms with Gasteiger partial charge in [0, 0.05) is 24.8 Å². The SMILES string of the molecule is CC(C)N(CCn1cc(-c2ccccc2)c(OCc2ccccc2)n1)C(C)C.O=C(O)C(=O)O. The number of carbonyl (C=O) groups is 2. The lowest BCUT2D eigenvalue weighted by atomic mass is 10.1. The number of rotatable bonds is 9. The summed E-state index contributed by atoms with van der Waals surface area (Å²) in [6.07, 6.45) is 2.11. The van der Waals surface area contributed by atoms with Crippen molar-refractivity contribution in [2.24, 2.45) is 0 Å². The van der Waals surface area contributed by atoms with Gasteiger partial charge in [0.05, 0.1) is 12.1 Å². The Labute approximate surface area is 200 Å².